The Hall–Kier alpha value is -0.640. The highest BCUT2D eigenvalue weighted by Crippen LogP contribution is 2.41. The van der Waals surface area contributed by atoms with Crippen LogP contribution in [-0.2, 0) is 9.47 Å². The normalized spacial score (nSPS) is 32.2. The van der Waals surface area contributed by atoms with E-state index in [1.807, 2.05) is 26.0 Å². The number of hydrogen-bond acceptors (Lipinski definition) is 3. The molecule has 0 aromatic rings. The van der Waals surface area contributed by atoms with Crippen molar-refractivity contribution >= 4 is 0 Å². The minimum atomic E-state index is -0.494. The first-order valence-electron chi connectivity index (χ1n) is 5.74. The van der Waals surface area contributed by atoms with Crippen molar-refractivity contribution in [1.82, 2.24) is 0 Å². The molecule has 1 aliphatic heterocycles. The van der Waals surface area contributed by atoms with E-state index >= 15 is 0 Å². The number of allylic oxidation sites excluding steroid dienone is 2. The molecule has 1 spiro atoms. The van der Waals surface area contributed by atoms with E-state index in [4.69, 9.17) is 9.47 Å². The molecule has 1 unspecified atom stereocenters. The van der Waals surface area contributed by atoms with E-state index < -0.39 is 11.9 Å². The first kappa shape index (κ1) is 11.8. The van der Waals surface area contributed by atoms with E-state index in [9.17, 15) is 5.11 Å². The van der Waals surface area contributed by atoms with E-state index in [0.29, 0.717) is 19.6 Å². The van der Waals surface area contributed by atoms with Gasteiger partial charge in [0.1, 0.15) is 0 Å². The van der Waals surface area contributed by atoms with Gasteiger partial charge in [0.15, 0.2) is 5.79 Å². The van der Waals surface area contributed by atoms with Gasteiger partial charge in [-0.25, -0.2) is 0 Å². The first-order valence-corrected chi connectivity index (χ1v) is 5.74. The van der Waals surface area contributed by atoms with E-state index in [0.717, 1.165) is 12.0 Å². The Kier molecular flexibility index (Phi) is 2.95. The molecule has 1 N–H and O–H groups in total. The van der Waals surface area contributed by atoms with E-state index in [2.05, 4.69) is 6.58 Å². The lowest BCUT2D eigenvalue weighted by Gasteiger charge is -2.46. The zero-order chi connectivity index (χ0) is 11.8. The lowest BCUT2D eigenvalue weighted by atomic mass is 9.73. The van der Waals surface area contributed by atoms with Crippen molar-refractivity contribution in [3.63, 3.8) is 0 Å². The Labute approximate surface area is 96.7 Å². The third-order valence-corrected chi connectivity index (χ3v) is 3.34. The van der Waals surface area contributed by atoms with Gasteiger partial charge < -0.3 is 14.6 Å². The Balaban J connectivity index is 2.11. The zero-order valence-electron chi connectivity index (χ0n) is 10.0. The average molecular weight is 224 g/mol. The fourth-order valence-corrected chi connectivity index (χ4v) is 2.41. The Morgan fingerprint density at radius 3 is 2.62 bits per heavy atom. The molecule has 90 valence electrons. The van der Waals surface area contributed by atoms with Gasteiger partial charge in [-0.05, 0) is 32.3 Å². The Bertz CT molecular complexity index is 307. The van der Waals surface area contributed by atoms with Gasteiger partial charge in [0.25, 0.3) is 0 Å². The number of aliphatic hydroxyl groups is 1. The van der Waals surface area contributed by atoms with Crippen molar-refractivity contribution < 1.29 is 14.6 Å². The predicted octanol–water partition coefficient (Wildman–Crippen LogP) is 2.02. The smallest absolute Gasteiger partial charge is 0.162 e. The van der Waals surface area contributed by atoms with Crippen LogP contribution in [0, 0.1) is 5.41 Å². The number of rotatable bonds is 1. The van der Waals surface area contributed by atoms with Crippen LogP contribution < -0.4 is 0 Å². The number of aliphatic hydroxyl groups excluding tert-OH is 1. The third kappa shape index (κ3) is 2.37. The molecule has 1 heterocycles. The molecule has 0 saturated carbocycles. The topological polar surface area (TPSA) is 38.7 Å². The van der Waals surface area contributed by atoms with Crippen LogP contribution in [-0.4, -0.2) is 30.2 Å². The molecule has 16 heavy (non-hydrogen) atoms. The second-order valence-electron chi connectivity index (χ2n) is 5.37. The molecule has 2 rings (SSSR count). The summed E-state index contributed by atoms with van der Waals surface area (Å²) in [6.07, 6.45) is 4.86. The van der Waals surface area contributed by atoms with Crippen molar-refractivity contribution in [2.75, 3.05) is 13.2 Å². The molecule has 1 atom stereocenters. The first-order chi connectivity index (χ1) is 7.45. The van der Waals surface area contributed by atoms with Crippen LogP contribution in [0.25, 0.3) is 0 Å². The zero-order valence-corrected chi connectivity index (χ0v) is 10.0. The summed E-state index contributed by atoms with van der Waals surface area (Å²) in [4.78, 5) is 0. The minimum absolute atomic E-state index is 0.0762. The maximum absolute atomic E-state index is 9.82. The molecule has 1 aliphatic carbocycles. The highest BCUT2D eigenvalue weighted by molar-refractivity contribution is 5.23. The second kappa shape index (κ2) is 3.99. The van der Waals surface area contributed by atoms with Gasteiger partial charge in [0.2, 0.25) is 0 Å². The van der Waals surface area contributed by atoms with Gasteiger partial charge in [-0.3, -0.25) is 0 Å². The van der Waals surface area contributed by atoms with Gasteiger partial charge in [-0.1, -0.05) is 18.7 Å². The van der Waals surface area contributed by atoms with Crippen LogP contribution >= 0.6 is 0 Å². The lowest BCUT2D eigenvalue weighted by molar-refractivity contribution is -0.289. The second-order valence-corrected chi connectivity index (χ2v) is 5.37. The van der Waals surface area contributed by atoms with Gasteiger partial charge in [-0.2, -0.15) is 0 Å². The number of hydrogen-bond donors (Lipinski definition) is 1. The summed E-state index contributed by atoms with van der Waals surface area (Å²) in [6.45, 7) is 8.89. The molecule has 3 heteroatoms. The molecule has 0 bridgehead atoms. The molecule has 0 aromatic heterocycles. The number of ether oxygens (including phenoxy) is 2. The molecular formula is C13H20O3. The predicted molar refractivity (Wildman–Crippen MR) is 61.9 cm³/mol. The molecule has 0 aromatic carbocycles. The monoisotopic (exact) mass is 224 g/mol. The lowest BCUT2D eigenvalue weighted by Crippen LogP contribution is -2.49. The van der Waals surface area contributed by atoms with Crippen LogP contribution in [0.4, 0.5) is 0 Å². The molecule has 0 amide bonds. The molecule has 1 fully saturated rings. The molecule has 2 aliphatic rings. The van der Waals surface area contributed by atoms with Gasteiger partial charge in [0.05, 0.1) is 19.3 Å². The summed E-state index contributed by atoms with van der Waals surface area (Å²) in [5, 5.41) is 9.82. The van der Waals surface area contributed by atoms with E-state index in [-0.39, 0.29) is 5.41 Å². The van der Waals surface area contributed by atoms with Crippen molar-refractivity contribution in [2.45, 2.75) is 38.6 Å². The standard InChI is InChI=1S/C13H20O3/c1-4-10-5-11(14)7-13(6-10)8-15-12(2,3)16-9-13/h4-5,11,14H,1,6-9H2,2-3H3. The molecule has 1 saturated heterocycles. The van der Waals surface area contributed by atoms with Gasteiger partial charge >= 0.3 is 0 Å². The van der Waals surface area contributed by atoms with E-state index in [1.165, 1.54) is 0 Å². The highest BCUT2D eigenvalue weighted by atomic mass is 16.7. The summed E-state index contributed by atoms with van der Waals surface area (Å²) >= 11 is 0. The fourth-order valence-electron chi connectivity index (χ4n) is 2.41. The van der Waals surface area contributed by atoms with Crippen LogP contribution in [0.1, 0.15) is 26.7 Å². The van der Waals surface area contributed by atoms with E-state index in [1.54, 1.807) is 0 Å². The molecule has 0 radical (unpaired) electrons. The minimum Gasteiger partial charge on any atom is -0.389 e. The fraction of sp³-hybridized carbons (Fsp3) is 0.692. The molecular weight excluding hydrogens is 204 g/mol. The Morgan fingerprint density at radius 2 is 2.06 bits per heavy atom. The largest absolute Gasteiger partial charge is 0.389 e. The van der Waals surface area contributed by atoms with Gasteiger partial charge in [0, 0.05) is 5.41 Å². The van der Waals surface area contributed by atoms with Crippen molar-refractivity contribution in [2.24, 2.45) is 5.41 Å². The maximum atomic E-state index is 9.82. The highest BCUT2D eigenvalue weighted by Gasteiger charge is 2.43. The van der Waals surface area contributed by atoms with Crippen LogP contribution in [0.2, 0.25) is 0 Å². The van der Waals surface area contributed by atoms with Crippen LogP contribution in [0.3, 0.4) is 0 Å². The van der Waals surface area contributed by atoms with Crippen molar-refractivity contribution in [3.8, 4) is 0 Å². The Morgan fingerprint density at radius 1 is 1.44 bits per heavy atom. The summed E-state index contributed by atoms with van der Waals surface area (Å²) in [7, 11) is 0. The SMILES string of the molecule is C=CC1=CC(O)CC2(COC(C)(C)OC2)C1. The summed E-state index contributed by atoms with van der Waals surface area (Å²) < 4.78 is 11.4. The van der Waals surface area contributed by atoms with Gasteiger partial charge in [-0.15, -0.1) is 0 Å². The average Bonchev–Trinajstić information content (AvgIpc) is 2.22. The summed E-state index contributed by atoms with van der Waals surface area (Å²) in [5.74, 6) is -0.494. The summed E-state index contributed by atoms with van der Waals surface area (Å²) in [6, 6.07) is 0. The third-order valence-electron chi connectivity index (χ3n) is 3.34. The van der Waals surface area contributed by atoms with Crippen molar-refractivity contribution in [3.05, 3.63) is 24.3 Å². The van der Waals surface area contributed by atoms with Crippen LogP contribution in [0.5, 0.6) is 0 Å². The summed E-state index contributed by atoms with van der Waals surface area (Å²) in [5.41, 5.74) is 1.01. The molecule has 3 nitrogen and oxygen atoms in total. The van der Waals surface area contributed by atoms with Crippen molar-refractivity contribution in [1.29, 1.82) is 0 Å². The quantitative estimate of drug-likeness (QED) is 0.740. The maximum Gasteiger partial charge on any atom is 0.162 e. The van der Waals surface area contributed by atoms with Crippen LogP contribution in [0.15, 0.2) is 24.3 Å².